The van der Waals surface area contributed by atoms with Gasteiger partial charge in [-0.3, -0.25) is 9.59 Å². The van der Waals surface area contributed by atoms with Gasteiger partial charge in [0.15, 0.2) is 16.3 Å². The summed E-state index contributed by atoms with van der Waals surface area (Å²) < 4.78 is 18.4. The Hall–Kier alpha value is -3.13. The van der Waals surface area contributed by atoms with E-state index in [1.165, 1.54) is 25.6 Å². The van der Waals surface area contributed by atoms with Crippen LogP contribution in [0.1, 0.15) is 28.4 Å². The van der Waals surface area contributed by atoms with Crippen LogP contribution >= 0.6 is 11.3 Å². The van der Waals surface area contributed by atoms with Gasteiger partial charge in [0.2, 0.25) is 0 Å². The second-order valence-electron chi connectivity index (χ2n) is 6.66. The number of fused-ring (bicyclic) bond motifs is 1. The number of rotatable bonds is 6. The van der Waals surface area contributed by atoms with Gasteiger partial charge in [-0.2, -0.15) is 4.99 Å². The highest BCUT2D eigenvalue weighted by atomic mass is 32.1. The molecule has 0 N–H and O–H groups in total. The molecule has 2 aromatic carbocycles. The average molecular weight is 429 g/mol. The number of carbonyl (C=O) groups is 2. The van der Waals surface area contributed by atoms with Gasteiger partial charge in [0.25, 0.3) is 5.91 Å². The fraction of sp³-hybridized carbons (Fsp3) is 0.318. The van der Waals surface area contributed by atoms with Gasteiger partial charge in [-0.1, -0.05) is 23.5 Å². The summed E-state index contributed by atoms with van der Waals surface area (Å²) >= 11 is 1.36. The van der Waals surface area contributed by atoms with E-state index in [9.17, 15) is 9.59 Å². The Morgan fingerprint density at radius 3 is 2.57 bits per heavy atom. The number of nitrogens with zero attached hydrogens (tertiary/aromatic N) is 2. The first-order valence-corrected chi connectivity index (χ1v) is 10.3. The molecule has 3 rings (SSSR count). The predicted molar refractivity (Wildman–Crippen MR) is 115 cm³/mol. The summed E-state index contributed by atoms with van der Waals surface area (Å²) in [4.78, 5) is 30.0. The Labute approximate surface area is 178 Å². The number of para-hydroxylation sites is 1. The Morgan fingerprint density at radius 2 is 1.90 bits per heavy atom. The van der Waals surface area contributed by atoms with Crippen LogP contribution in [0.15, 0.2) is 35.3 Å². The number of aryl methyl sites for hydroxylation is 2. The molecular formula is C22H24N2O5S. The van der Waals surface area contributed by atoms with Crippen molar-refractivity contribution in [2.75, 3.05) is 20.8 Å². The molecule has 0 fully saturated rings. The van der Waals surface area contributed by atoms with E-state index in [2.05, 4.69) is 11.1 Å². The number of carbonyl (C=O) groups excluding carboxylic acids is 2. The van der Waals surface area contributed by atoms with Crippen molar-refractivity contribution in [1.82, 2.24) is 4.57 Å². The van der Waals surface area contributed by atoms with Crippen LogP contribution in [0.4, 0.5) is 0 Å². The van der Waals surface area contributed by atoms with Crippen molar-refractivity contribution in [3.63, 3.8) is 0 Å². The van der Waals surface area contributed by atoms with Crippen LogP contribution in [0.2, 0.25) is 0 Å². The van der Waals surface area contributed by atoms with Gasteiger partial charge >= 0.3 is 5.97 Å². The van der Waals surface area contributed by atoms with Crippen LogP contribution in [0.5, 0.6) is 11.5 Å². The molecule has 0 atom stereocenters. The molecule has 1 aromatic heterocycles. The quantitative estimate of drug-likeness (QED) is 0.560. The van der Waals surface area contributed by atoms with Gasteiger partial charge in [-0.25, -0.2) is 0 Å². The molecule has 1 heterocycles. The zero-order chi connectivity index (χ0) is 21.8. The average Bonchev–Trinajstić information content (AvgIpc) is 3.04. The maximum atomic E-state index is 13.0. The van der Waals surface area contributed by atoms with E-state index in [0.29, 0.717) is 16.3 Å². The smallest absolute Gasteiger partial charge is 0.326 e. The number of esters is 1. The summed E-state index contributed by atoms with van der Waals surface area (Å²) in [5, 5.41) is 0. The second-order valence-corrected chi connectivity index (χ2v) is 7.64. The lowest BCUT2D eigenvalue weighted by molar-refractivity contribution is -0.143. The topological polar surface area (TPSA) is 79.1 Å². The van der Waals surface area contributed by atoms with Crippen LogP contribution < -0.4 is 14.3 Å². The van der Waals surface area contributed by atoms with Crippen LogP contribution in [-0.2, 0) is 16.1 Å². The zero-order valence-electron chi connectivity index (χ0n) is 17.6. The fourth-order valence-corrected chi connectivity index (χ4v) is 4.37. The molecule has 0 radical (unpaired) electrons. The highest BCUT2D eigenvalue weighted by Crippen LogP contribution is 2.31. The van der Waals surface area contributed by atoms with E-state index in [0.717, 1.165) is 21.3 Å². The zero-order valence-corrected chi connectivity index (χ0v) is 18.5. The van der Waals surface area contributed by atoms with E-state index >= 15 is 0 Å². The lowest BCUT2D eigenvalue weighted by Crippen LogP contribution is -2.23. The molecule has 0 aliphatic heterocycles. The van der Waals surface area contributed by atoms with Crippen LogP contribution in [0.3, 0.4) is 0 Å². The molecule has 30 heavy (non-hydrogen) atoms. The van der Waals surface area contributed by atoms with E-state index in [-0.39, 0.29) is 24.7 Å². The minimum absolute atomic E-state index is 0.0297. The predicted octanol–water partition coefficient (Wildman–Crippen LogP) is 3.64. The van der Waals surface area contributed by atoms with Crippen LogP contribution in [-0.4, -0.2) is 37.3 Å². The van der Waals surface area contributed by atoms with E-state index < -0.39 is 5.91 Å². The van der Waals surface area contributed by atoms with Crippen LogP contribution in [0.25, 0.3) is 10.2 Å². The largest absolute Gasteiger partial charge is 0.493 e. The van der Waals surface area contributed by atoms with Crippen molar-refractivity contribution in [2.45, 2.75) is 27.3 Å². The summed E-state index contributed by atoms with van der Waals surface area (Å²) in [7, 11) is 2.98. The van der Waals surface area contributed by atoms with E-state index in [1.807, 2.05) is 19.9 Å². The van der Waals surface area contributed by atoms with Crippen molar-refractivity contribution in [3.8, 4) is 11.5 Å². The monoisotopic (exact) mass is 428 g/mol. The first kappa shape index (κ1) is 21.6. The van der Waals surface area contributed by atoms with Crippen molar-refractivity contribution in [2.24, 2.45) is 4.99 Å². The van der Waals surface area contributed by atoms with Crippen molar-refractivity contribution in [3.05, 3.63) is 51.8 Å². The Morgan fingerprint density at radius 1 is 1.13 bits per heavy atom. The Kier molecular flexibility index (Phi) is 6.56. The number of amides is 1. The van der Waals surface area contributed by atoms with E-state index in [1.54, 1.807) is 29.7 Å². The number of hydrogen-bond acceptors (Lipinski definition) is 6. The van der Waals surface area contributed by atoms with E-state index in [4.69, 9.17) is 14.2 Å². The van der Waals surface area contributed by atoms with Gasteiger partial charge in [0.1, 0.15) is 6.54 Å². The molecule has 3 aromatic rings. The molecule has 7 nitrogen and oxygen atoms in total. The molecule has 8 heteroatoms. The third-order valence-corrected chi connectivity index (χ3v) is 5.77. The summed E-state index contributed by atoms with van der Waals surface area (Å²) in [6.07, 6.45) is 0. The molecule has 0 saturated heterocycles. The number of hydrogen-bond donors (Lipinski definition) is 0. The maximum Gasteiger partial charge on any atom is 0.326 e. The molecule has 158 valence electrons. The van der Waals surface area contributed by atoms with Gasteiger partial charge in [0, 0.05) is 0 Å². The first-order valence-electron chi connectivity index (χ1n) is 9.45. The van der Waals surface area contributed by atoms with Crippen molar-refractivity contribution in [1.29, 1.82) is 0 Å². The van der Waals surface area contributed by atoms with Gasteiger partial charge < -0.3 is 18.8 Å². The number of ether oxygens (including phenoxy) is 3. The maximum absolute atomic E-state index is 13.0. The number of benzene rings is 2. The minimum atomic E-state index is -0.482. The first-order chi connectivity index (χ1) is 14.4. The van der Waals surface area contributed by atoms with Gasteiger partial charge in [-0.15, -0.1) is 0 Å². The molecule has 0 aliphatic carbocycles. The summed E-state index contributed by atoms with van der Waals surface area (Å²) in [6, 6.07) is 9.08. The lowest BCUT2D eigenvalue weighted by Gasteiger charge is -2.10. The summed E-state index contributed by atoms with van der Waals surface area (Å²) in [5.74, 6) is -0.104. The minimum Gasteiger partial charge on any atom is -0.493 e. The number of thiazole rings is 1. The van der Waals surface area contributed by atoms with Crippen molar-refractivity contribution >= 4 is 33.4 Å². The molecule has 0 bridgehead atoms. The van der Waals surface area contributed by atoms with Crippen molar-refractivity contribution < 1.29 is 23.8 Å². The molecule has 1 amide bonds. The number of methoxy groups -OCH3 is 2. The molecular weight excluding hydrogens is 404 g/mol. The SMILES string of the molecule is CCOC(=O)Cn1c(=NC(=O)c2cccc(OC)c2OC)sc2c(C)cc(C)cc21. The normalized spacial score (nSPS) is 11.6. The second kappa shape index (κ2) is 9.13. The molecule has 0 aliphatic rings. The standard InChI is InChI=1S/C22H24N2O5S/c1-6-29-18(25)12-24-16-11-13(2)10-14(3)20(16)30-22(24)23-21(26)15-8-7-9-17(27-4)19(15)28-5/h7-11H,6,12H2,1-5H3. The summed E-state index contributed by atoms with van der Waals surface area (Å²) in [6.45, 7) is 6.00. The highest BCUT2D eigenvalue weighted by Gasteiger charge is 2.18. The van der Waals surface area contributed by atoms with Crippen LogP contribution in [0, 0.1) is 13.8 Å². The third-order valence-electron chi connectivity index (χ3n) is 4.54. The Bertz CT molecular complexity index is 1180. The number of aromatic nitrogens is 1. The lowest BCUT2D eigenvalue weighted by atomic mass is 10.1. The summed E-state index contributed by atoms with van der Waals surface area (Å²) in [5.41, 5.74) is 3.24. The fourth-order valence-electron chi connectivity index (χ4n) is 3.29. The van der Waals surface area contributed by atoms with Gasteiger partial charge in [-0.05, 0) is 50.1 Å². The third kappa shape index (κ3) is 4.23. The molecule has 0 unspecified atom stereocenters. The van der Waals surface area contributed by atoms with Gasteiger partial charge in [0.05, 0.1) is 36.6 Å². The molecule has 0 saturated carbocycles. The molecule has 0 spiro atoms. The highest BCUT2D eigenvalue weighted by molar-refractivity contribution is 7.16. The Balaban J connectivity index is 2.19.